The summed E-state index contributed by atoms with van der Waals surface area (Å²) in [4.78, 5) is 13.8. The highest BCUT2D eigenvalue weighted by molar-refractivity contribution is 6.01. The zero-order valence-electron chi connectivity index (χ0n) is 21.6. The van der Waals surface area contributed by atoms with E-state index in [1.165, 1.54) is 11.1 Å². The molecule has 4 heteroatoms. The van der Waals surface area contributed by atoms with Gasteiger partial charge in [0.1, 0.15) is 5.75 Å². The predicted molar refractivity (Wildman–Crippen MR) is 155 cm³/mol. The van der Waals surface area contributed by atoms with Crippen molar-refractivity contribution in [1.82, 2.24) is 0 Å². The summed E-state index contributed by atoms with van der Waals surface area (Å²) >= 11 is 0. The fraction of sp³-hybridized carbons (Fsp3) is 0.206. The van der Waals surface area contributed by atoms with Crippen molar-refractivity contribution in [2.45, 2.75) is 38.1 Å². The van der Waals surface area contributed by atoms with Gasteiger partial charge in [0.25, 0.3) is 0 Å². The van der Waals surface area contributed by atoms with Crippen molar-refractivity contribution >= 4 is 17.2 Å². The lowest BCUT2D eigenvalue weighted by Gasteiger charge is -2.30. The smallest absolute Gasteiger partial charge is 0.163 e. The Bertz CT molecular complexity index is 1460. The summed E-state index contributed by atoms with van der Waals surface area (Å²) < 4.78 is 5.76. The van der Waals surface area contributed by atoms with Crippen LogP contribution in [0.2, 0.25) is 0 Å². The molecule has 0 saturated heterocycles. The fourth-order valence-corrected chi connectivity index (χ4v) is 5.53. The van der Waals surface area contributed by atoms with E-state index in [0.29, 0.717) is 13.0 Å². The number of nitrogens with one attached hydrogen (secondary N) is 2. The Hall–Kier alpha value is -4.31. The van der Waals surface area contributed by atoms with Gasteiger partial charge in [-0.05, 0) is 65.3 Å². The fourth-order valence-electron chi connectivity index (χ4n) is 5.53. The molecule has 2 unspecified atom stereocenters. The monoisotopic (exact) mass is 500 g/mol. The van der Waals surface area contributed by atoms with E-state index in [1.807, 2.05) is 30.3 Å². The molecule has 1 heterocycles. The molecule has 2 atom stereocenters. The molecule has 6 rings (SSSR count). The lowest BCUT2D eigenvalue weighted by molar-refractivity contribution is -0.116. The third-order valence-corrected chi connectivity index (χ3v) is 7.48. The van der Waals surface area contributed by atoms with Crippen LogP contribution < -0.4 is 15.4 Å². The van der Waals surface area contributed by atoms with Crippen LogP contribution in [0.1, 0.15) is 49.3 Å². The van der Waals surface area contributed by atoms with Crippen molar-refractivity contribution in [3.63, 3.8) is 0 Å². The molecule has 1 aliphatic carbocycles. The zero-order chi connectivity index (χ0) is 25.9. The topological polar surface area (TPSA) is 50.4 Å². The summed E-state index contributed by atoms with van der Waals surface area (Å²) in [6.45, 7) is 2.81. The van der Waals surface area contributed by atoms with Gasteiger partial charge in [-0.15, -0.1) is 0 Å². The minimum absolute atomic E-state index is 0.125. The number of anilines is 2. The number of hydrogen-bond donors (Lipinski definition) is 2. The quantitative estimate of drug-likeness (QED) is 0.281. The number of carbonyl (C=O) groups excluding carboxylic acids is 1. The minimum atomic E-state index is -0.218. The number of rotatable bonds is 6. The highest BCUT2D eigenvalue weighted by Crippen LogP contribution is 2.44. The molecule has 0 fully saturated rings. The van der Waals surface area contributed by atoms with E-state index in [4.69, 9.17) is 4.74 Å². The zero-order valence-corrected chi connectivity index (χ0v) is 21.6. The molecule has 0 amide bonds. The van der Waals surface area contributed by atoms with Crippen LogP contribution in [-0.4, -0.2) is 12.4 Å². The number of Topliss-reactive ketones (excluding diaryl/α,β-unsaturated/α-hetero) is 1. The number of carbonyl (C=O) groups is 1. The first kappa shape index (κ1) is 24.1. The third kappa shape index (κ3) is 4.82. The maximum absolute atomic E-state index is 13.8. The van der Waals surface area contributed by atoms with Gasteiger partial charge in [-0.25, -0.2) is 0 Å². The molecule has 1 aliphatic heterocycles. The molecule has 0 bridgehead atoms. The van der Waals surface area contributed by atoms with Gasteiger partial charge in [-0.1, -0.05) is 85.8 Å². The maximum Gasteiger partial charge on any atom is 0.163 e. The van der Waals surface area contributed by atoms with Gasteiger partial charge in [0.05, 0.1) is 24.0 Å². The Morgan fingerprint density at radius 3 is 2.13 bits per heavy atom. The first-order chi connectivity index (χ1) is 18.7. The first-order valence-electron chi connectivity index (χ1n) is 13.5. The van der Waals surface area contributed by atoms with E-state index in [2.05, 4.69) is 90.4 Å². The Labute approximate surface area is 224 Å². The molecular weight excluding hydrogens is 468 g/mol. The van der Waals surface area contributed by atoms with Gasteiger partial charge in [0, 0.05) is 17.7 Å². The Morgan fingerprint density at radius 1 is 0.737 bits per heavy atom. The second kappa shape index (κ2) is 10.6. The second-order valence-electron chi connectivity index (χ2n) is 10.1. The van der Waals surface area contributed by atoms with Crippen LogP contribution in [0.25, 0.3) is 11.1 Å². The van der Waals surface area contributed by atoms with Crippen LogP contribution >= 0.6 is 0 Å². The summed E-state index contributed by atoms with van der Waals surface area (Å²) in [6, 6.07) is 35.2. The maximum atomic E-state index is 13.8. The average Bonchev–Trinajstić information content (AvgIpc) is 3.14. The number of ketones is 1. The predicted octanol–water partition coefficient (Wildman–Crippen LogP) is 8.12. The lowest BCUT2D eigenvalue weighted by Crippen LogP contribution is -2.26. The second-order valence-corrected chi connectivity index (χ2v) is 10.1. The highest BCUT2D eigenvalue weighted by Gasteiger charge is 2.36. The summed E-state index contributed by atoms with van der Waals surface area (Å²) in [5.41, 5.74) is 8.45. The van der Waals surface area contributed by atoms with Crippen LogP contribution in [-0.2, 0) is 4.79 Å². The largest absolute Gasteiger partial charge is 0.494 e. The summed E-state index contributed by atoms with van der Waals surface area (Å²) in [6.07, 6.45) is 2.25. The van der Waals surface area contributed by atoms with E-state index >= 15 is 0 Å². The van der Waals surface area contributed by atoms with Gasteiger partial charge < -0.3 is 15.4 Å². The Morgan fingerprint density at radius 2 is 1.39 bits per heavy atom. The molecule has 4 nitrogen and oxygen atoms in total. The Balaban J connectivity index is 1.34. The lowest BCUT2D eigenvalue weighted by atomic mass is 9.78. The van der Waals surface area contributed by atoms with Gasteiger partial charge in [0.15, 0.2) is 5.78 Å². The van der Waals surface area contributed by atoms with Gasteiger partial charge in [0.2, 0.25) is 0 Å². The molecule has 4 aromatic rings. The van der Waals surface area contributed by atoms with E-state index in [9.17, 15) is 4.79 Å². The number of allylic oxidation sites excluding steroid dienone is 1. The molecule has 0 aromatic heterocycles. The van der Waals surface area contributed by atoms with Crippen LogP contribution in [0, 0.1) is 0 Å². The van der Waals surface area contributed by atoms with Crippen LogP contribution in [0.5, 0.6) is 5.75 Å². The normalized spacial score (nSPS) is 18.5. The number of hydrogen-bond acceptors (Lipinski definition) is 4. The third-order valence-electron chi connectivity index (χ3n) is 7.48. The molecule has 2 aliphatic rings. The average molecular weight is 501 g/mol. The van der Waals surface area contributed by atoms with E-state index in [0.717, 1.165) is 52.4 Å². The minimum Gasteiger partial charge on any atom is -0.494 e. The Kier molecular flexibility index (Phi) is 6.70. The van der Waals surface area contributed by atoms with E-state index in [1.54, 1.807) is 0 Å². The van der Waals surface area contributed by atoms with Crippen LogP contribution in [0.15, 0.2) is 114 Å². The first-order valence-corrected chi connectivity index (χ1v) is 13.5. The van der Waals surface area contributed by atoms with Crippen molar-refractivity contribution in [2.75, 3.05) is 17.2 Å². The van der Waals surface area contributed by atoms with Gasteiger partial charge in [-0.2, -0.15) is 0 Å². The number of ether oxygens (including phenoxy) is 1. The van der Waals surface area contributed by atoms with Crippen molar-refractivity contribution in [3.8, 4) is 16.9 Å². The summed E-state index contributed by atoms with van der Waals surface area (Å²) in [7, 11) is 0. The molecule has 4 aromatic carbocycles. The summed E-state index contributed by atoms with van der Waals surface area (Å²) in [5, 5.41) is 7.33. The van der Waals surface area contributed by atoms with Crippen molar-refractivity contribution in [2.24, 2.45) is 0 Å². The molecule has 38 heavy (non-hydrogen) atoms. The molecular formula is C34H32N2O2. The SMILES string of the molecule is CCCOc1ccc(C2CC(=O)C3=C(C2)Nc2ccccc2NC3c2ccc(-c3ccccc3)cc2)cc1. The number of fused-ring (bicyclic) bond motifs is 1. The van der Waals surface area contributed by atoms with E-state index in [-0.39, 0.29) is 17.7 Å². The van der Waals surface area contributed by atoms with Crippen molar-refractivity contribution < 1.29 is 9.53 Å². The number of para-hydroxylation sites is 2. The highest BCUT2D eigenvalue weighted by atomic mass is 16.5. The molecule has 2 N–H and O–H groups in total. The molecule has 0 radical (unpaired) electrons. The van der Waals surface area contributed by atoms with E-state index < -0.39 is 0 Å². The molecule has 0 spiro atoms. The van der Waals surface area contributed by atoms with Crippen LogP contribution in [0.3, 0.4) is 0 Å². The van der Waals surface area contributed by atoms with Crippen LogP contribution in [0.4, 0.5) is 11.4 Å². The summed E-state index contributed by atoms with van der Waals surface area (Å²) in [5.74, 6) is 1.19. The molecule has 190 valence electrons. The van der Waals surface area contributed by atoms with Crippen molar-refractivity contribution in [1.29, 1.82) is 0 Å². The van der Waals surface area contributed by atoms with Gasteiger partial charge >= 0.3 is 0 Å². The van der Waals surface area contributed by atoms with Crippen molar-refractivity contribution in [3.05, 3.63) is 126 Å². The standard InChI is InChI=1S/C34H32N2O2/c1-2-20-38-28-18-16-25(17-19-28)27-21-31-33(32(37)22-27)34(36-30-11-7-6-10-29(30)35-31)26-14-12-24(13-15-26)23-8-4-3-5-9-23/h3-19,27,34-36H,2,20-22H2,1H3. The number of benzene rings is 4. The van der Waals surface area contributed by atoms with Gasteiger partial charge in [-0.3, -0.25) is 4.79 Å². The molecule has 0 saturated carbocycles.